The molecule has 0 radical (unpaired) electrons. The summed E-state index contributed by atoms with van der Waals surface area (Å²) in [5.41, 5.74) is 2.75. The monoisotopic (exact) mass is 219 g/mol. The molecule has 2 atom stereocenters. The second-order valence-corrected chi connectivity index (χ2v) is 4.64. The fourth-order valence-electron chi connectivity index (χ4n) is 2.52. The molecule has 1 aromatic rings. The van der Waals surface area contributed by atoms with Crippen molar-refractivity contribution in [3.05, 3.63) is 35.4 Å². The summed E-state index contributed by atoms with van der Waals surface area (Å²) in [5.74, 6) is 0.901. The highest BCUT2D eigenvalue weighted by Crippen LogP contribution is 2.29. The molecule has 0 aromatic heterocycles. The molecule has 2 heteroatoms. The van der Waals surface area contributed by atoms with Gasteiger partial charge in [-0.05, 0) is 36.4 Å². The second kappa shape index (κ2) is 5.46. The lowest BCUT2D eigenvalue weighted by Crippen LogP contribution is -2.36. The second-order valence-electron chi connectivity index (χ2n) is 4.64. The van der Waals surface area contributed by atoms with E-state index < -0.39 is 0 Å². The fraction of sp³-hybridized carbons (Fsp3) is 0.571. The molecule has 0 spiro atoms. The molecule has 0 aliphatic carbocycles. The lowest BCUT2D eigenvalue weighted by Gasteiger charge is -2.31. The molecule has 2 nitrogen and oxygen atoms in total. The maximum atomic E-state index is 9.40. The Bertz CT molecular complexity index is 320. The van der Waals surface area contributed by atoms with E-state index in [-0.39, 0.29) is 0 Å². The molecule has 88 valence electrons. The largest absolute Gasteiger partial charge is 0.396 e. The third-order valence-corrected chi connectivity index (χ3v) is 3.68. The molecule has 2 N–H and O–H groups in total. The molecule has 0 amide bonds. The van der Waals surface area contributed by atoms with Crippen LogP contribution in [0.25, 0.3) is 0 Å². The summed E-state index contributed by atoms with van der Waals surface area (Å²) in [6.45, 7) is 4.51. The Morgan fingerprint density at radius 3 is 2.69 bits per heavy atom. The fourth-order valence-corrected chi connectivity index (χ4v) is 2.52. The van der Waals surface area contributed by atoms with Gasteiger partial charge in [-0.1, -0.05) is 31.2 Å². The lowest BCUT2D eigenvalue weighted by atomic mass is 9.82. The van der Waals surface area contributed by atoms with Gasteiger partial charge in [-0.25, -0.2) is 0 Å². The first-order valence-electron chi connectivity index (χ1n) is 6.25. The van der Waals surface area contributed by atoms with Gasteiger partial charge < -0.3 is 10.4 Å². The Morgan fingerprint density at radius 1 is 1.31 bits per heavy atom. The molecule has 16 heavy (non-hydrogen) atoms. The molecule has 0 bridgehead atoms. The van der Waals surface area contributed by atoms with Gasteiger partial charge in [0, 0.05) is 19.1 Å². The van der Waals surface area contributed by atoms with Crippen LogP contribution >= 0.6 is 0 Å². The van der Waals surface area contributed by atoms with Gasteiger partial charge in [0.1, 0.15) is 0 Å². The quantitative estimate of drug-likeness (QED) is 0.814. The molecule has 1 aliphatic rings. The number of hydrogen-bond acceptors (Lipinski definition) is 2. The van der Waals surface area contributed by atoms with E-state index in [1.807, 2.05) is 0 Å². The van der Waals surface area contributed by atoms with Gasteiger partial charge in [-0.15, -0.1) is 0 Å². The lowest BCUT2D eigenvalue weighted by molar-refractivity contribution is 0.176. The van der Waals surface area contributed by atoms with E-state index >= 15 is 0 Å². The third kappa shape index (κ3) is 2.45. The first kappa shape index (κ1) is 11.6. The van der Waals surface area contributed by atoms with E-state index in [4.69, 9.17) is 0 Å². The van der Waals surface area contributed by atoms with Crippen molar-refractivity contribution in [3.63, 3.8) is 0 Å². The number of aliphatic hydroxyl groups is 1. The van der Waals surface area contributed by atoms with Gasteiger partial charge in [0.15, 0.2) is 0 Å². The molecule has 1 aliphatic heterocycles. The summed E-state index contributed by atoms with van der Waals surface area (Å²) in [6, 6.07) is 8.86. The van der Waals surface area contributed by atoms with Crippen LogP contribution in [0.3, 0.4) is 0 Å². The first-order valence-corrected chi connectivity index (χ1v) is 6.25. The van der Waals surface area contributed by atoms with Crippen LogP contribution in [0, 0.1) is 5.92 Å². The number of piperidine rings is 1. The highest BCUT2D eigenvalue weighted by Gasteiger charge is 2.25. The standard InChI is InChI=1S/C14H21NO/c1-2-11-3-5-12(6-4-11)14-9-15-8-7-13(14)10-16/h3-6,13-16H,2,7-10H2,1H3. The Balaban J connectivity index is 2.14. The molecule has 0 saturated carbocycles. The predicted octanol–water partition coefficient (Wildman–Crippen LogP) is 1.93. The van der Waals surface area contributed by atoms with Gasteiger partial charge in [0.25, 0.3) is 0 Å². The van der Waals surface area contributed by atoms with Crippen molar-refractivity contribution in [1.29, 1.82) is 0 Å². The van der Waals surface area contributed by atoms with Gasteiger partial charge in [-0.2, -0.15) is 0 Å². The molecule has 1 fully saturated rings. The van der Waals surface area contributed by atoms with E-state index in [1.54, 1.807) is 0 Å². The Labute approximate surface area is 97.7 Å². The van der Waals surface area contributed by atoms with Crippen LogP contribution in [0.15, 0.2) is 24.3 Å². The summed E-state index contributed by atoms with van der Waals surface area (Å²) >= 11 is 0. The molecular formula is C14H21NO. The van der Waals surface area contributed by atoms with E-state index in [0.717, 1.165) is 25.9 Å². The minimum Gasteiger partial charge on any atom is -0.396 e. The summed E-state index contributed by atoms with van der Waals surface area (Å²) in [7, 11) is 0. The average molecular weight is 219 g/mol. The highest BCUT2D eigenvalue weighted by molar-refractivity contribution is 5.26. The maximum Gasteiger partial charge on any atom is 0.0466 e. The molecule has 2 rings (SSSR count). The summed E-state index contributed by atoms with van der Waals surface area (Å²) < 4.78 is 0. The number of benzene rings is 1. The summed E-state index contributed by atoms with van der Waals surface area (Å²) in [5, 5.41) is 12.8. The summed E-state index contributed by atoms with van der Waals surface area (Å²) in [4.78, 5) is 0. The predicted molar refractivity (Wildman–Crippen MR) is 66.6 cm³/mol. The van der Waals surface area contributed by atoms with Gasteiger partial charge in [-0.3, -0.25) is 0 Å². The van der Waals surface area contributed by atoms with Crippen LogP contribution in [0.4, 0.5) is 0 Å². The van der Waals surface area contributed by atoms with Crippen LogP contribution in [0.1, 0.15) is 30.4 Å². The van der Waals surface area contributed by atoms with E-state index in [0.29, 0.717) is 18.4 Å². The van der Waals surface area contributed by atoms with Crippen molar-refractivity contribution >= 4 is 0 Å². The normalized spacial score (nSPS) is 25.6. The molecule has 1 aromatic carbocycles. The SMILES string of the molecule is CCc1ccc(C2CNCCC2CO)cc1. The van der Waals surface area contributed by atoms with Crippen molar-refractivity contribution < 1.29 is 5.11 Å². The highest BCUT2D eigenvalue weighted by atomic mass is 16.3. The van der Waals surface area contributed by atoms with E-state index in [9.17, 15) is 5.11 Å². The van der Waals surface area contributed by atoms with E-state index in [1.165, 1.54) is 11.1 Å². The zero-order valence-corrected chi connectivity index (χ0v) is 9.95. The van der Waals surface area contributed by atoms with Crippen molar-refractivity contribution in [2.75, 3.05) is 19.7 Å². The first-order chi connectivity index (χ1) is 7.85. The summed E-state index contributed by atoms with van der Waals surface area (Å²) in [6.07, 6.45) is 2.17. The minimum absolute atomic E-state index is 0.307. The van der Waals surface area contributed by atoms with Crippen LogP contribution in [0.2, 0.25) is 0 Å². The van der Waals surface area contributed by atoms with Gasteiger partial charge in [0.05, 0.1) is 0 Å². The van der Waals surface area contributed by atoms with Crippen LogP contribution in [-0.4, -0.2) is 24.8 Å². The van der Waals surface area contributed by atoms with Crippen LogP contribution in [-0.2, 0) is 6.42 Å². The van der Waals surface area contributed by atoms with Crippen LogP contribution in [0.5, 0.6) is 0 Å². The number of hydrogen-bond donors (Lipinski definition) is 2. The zero-order valence-electron chi connectivity index (χ0n) is 9.95. The molecule has 2 unspecified atom stereocenters. The van der Waals surface area contributed by atoms with Crippen LogP contribution < -0.4 is 5.32 Å². The minimum atomic E-state index is 0.307. The van der Waals surface area contributed by atoms with Crippen molar-refractivity contribution in [2.45, 2.75) is 25.7 Å². The smallest absolute Gasteiger partial charge is 0.0466 e. The maximum absolute atomic E-state index is 9.40. The van der Waals surface area contributed by atoms with E-state index in [2.05, 4.69) is 36.5 Å². The Morgan fingerprint density at radius 2 is 2.06 bits per heavy atom. The number of aliphatic hydroxyl groups excluding tert-OH is 1. The van der Waals surface area contributed by atoms with Crippen molar-refractivity contribution in [3.8, 4) is 0 Å². The Kier molecular flexibility index (Phi) is 3.97. The topological polar surface area (TPSA) is 32.3 Å². The number of aryl methyl sites for hydroxylation is 1. The van der Waals surface area contributed by atoms with Crippen molar-refractivity contribution in [2.24, 2.45) is 5.92 Å². The van der Waals surface area contributed by atoms with Gasteiger partial charge >= 0.3 is 0 Å². The molecular weight excluding hydrogens is 198 g/mol. The van der Waals surface area contributed by atoms with Crippen molar-refractivity contribution in [1.82, 2.24) is 5.32 Å². The number of rotatable bonds is 3. The third-order valence-electron chi connectivity index (χ3n) is 3.68. The zero-order chi connectivity index (χ0) is 11.4. The average Bonchev–Trinajstić information content (AvgIpc) is 2.39. The molecule has 1 heterocycles. The number of nitrogens with one attached hydrogen (secondary N) is 1. The Hall–Kier alpha value is -0.860. The molecule has 1 saturated heterocycles. The van der Waals surface area contributed by atoms with Gasteiger partial charge in [0.2, 0.25) is 0 Å².